The van der Waals surface area contributed by atoms with E-state index in [0.717, 1.165) is 56.9 Å². The minimum Gasteiger partial charge on any atom is -0.493 e. The predicted molar refractivity (Wildman–Crippen MR) is 151 cm³/mol. The number of benzene rings is 1. The zero-order valence-electron chi connectivity index (χ0n) is 23.0. The lowest BCUT2D eigenvalue weighted by atomic mass is 9.91. The van der Waals surface area contributed by atoms with Crippen LogP contribution < -0.4 is 5.32 Å². The van der Waals surface area contributed by atoms with Gasteiger partial charge in [-0.2, -0.15) is 0 Å². The lowest BCUT2D eigenvalue weighted by Gasteiger charge is -2.21. The number of ether oxygens (including phenoxy) is 1. The average Bonchev–Trinajstić information content (AvgIpc) is 3.30. The molecule has 1 aromatic rings. The van der Waals surface area contributed by atoms with Crippen LogP contribution in [0.2, 0.25) is 0 Å². The van der Waals surface area contributed by atoms with E-state index >= 15 is 0 Å². The highest BCUT2D eigenvalue weighted by Crippen LogP contribution is 2.39. The molecule has 2 atom stereocenters. The van der Waals surface area contributed by atoms with Crippen molar-refractivity contribution >= 4 is 5.71 Å². The molecule has 0 saturated carbocycles. The summed E-state index contributed by atoms with van der Waals surface area (Å²) in [5.41, 5.74) is 10.7. The number of aryl methyl sites for hydroxylation is 2. The van der Waals surface area contributed by atoms with Gasteiger partial charge in [0.1, 0.15) is 5.76 Å². The van der Waals surface area contributed by atoms with Gasteiger partial charge in [0, 0.05) is 37.2 Å². The van der Waals surface area contributed by atoms with Crippen molar-refractivity contribution in [2.45, 2.75) is 79.1 Å². The molecule has 3 rings (SSSR count). The van der Waals surface area contributed by atoms with Crippen LogP contribution in [0.1, 0.15) is 81.9 Å². The molecule has 2 unspecified atom stereocenters. The smallest absolute Gasteiger partial charge is 0.122 e. The van der Waals surface area contributed by atoms with E-state index in [9.17, 15) is 0 Å². The molecule has 0 radical (unpaired) electrons. The first-order valence-electron chi connectivity index (χ1n) is 13.5. The van der Waals surface area contributed by atoms with E-state index in [4.69, 9.17) is 4.74 Å². The van der Waals surface area contributed by atoms with Crippen LogP contribution in [0.4, 0.5) is 0 Å². The van der Waals surface area contributed by atoms with Crippen LogP contribution in [0.15, 0.2) is 70.0 Å². The molecule has 190 valence electrons. The fourth-order valence-corrected chi connectivity index (χ4v) is 5.01. The molecule has 0 saturated heterocycles. The van der Waals surface area contributed by atoms with Crippen LogP contribution in [0.5, 0.6) is 0 Å². The fraction of sp³-hybridized carbons (Fsp3) is 0.531. The normalized spacial score (nSPS) is 17.6. The molecule has 0 amide bonds. The number of allylic oxidation sites excluding steroid dienone is 5. The van der Waals surface area contributed by atoms with Crippen LogP contribution in [0.25, 0.3) is 0 Å². The molecule has 0 aliphatic heterocycles. The quantitative estimate of drug-likeness (QED) is 0.234. The summed E-state index contributed by atoms with van der Waals surface area (Å²) in [4.78, 5) is 4.29. The maximum absolute atomic E-state index is 6.35. The Morgan fingerprint density at radius 3 is 2.74 bits per heavy atom. The van der Waals surface area contributed by atoms with Crippen molar-refractivity contribution in [3.05, 3.63) is 81.7 Å². The standard InChI is InChI=1S/C32H46N2O/c1-8-27(28-13-12-23(3)24(4)17-28)14-15-34-20-22(2)21-35-32-11-9-10-29-18-30(19-31(29)32)25(5)16-26(6)33-7/h11-13,17,19,22,27,34H,5,8-10,14-16,18,20-21H2,1-4,6-7H3/b33-26-. The van der Waals surface area contributed by atoms with Gasteiger partial charge in [-0.1, -0.05) is 44.2 Å². The molecule has 0 aromatic heterocycles. The van der Waals surface area contributed by atoms with E-state index in [-0.39, 0.29) is 0 Å². The molecule has 0 heterocycles. The molecule has 0 bridgehead atoms. The number of aliphatic imine (C=N–C) groups is 1. The lowest BCUT2D eigenvalue weighted by molar-refractivity contribution is 0.176. The van der Waals surface area contributed by atoms with Gasteiger partial charge in [-0.25, -0.2) is 0 Å². The second-order valence-corrected chi connectivity index (χ2v) is 10.6. The van der Waals surface area contributed by atoms with E-state index in [0.29, 0.717) is 11.8 Å². The summed E-state index contributed by atoms with van der Waals surface area (Å²) in [5, 5.41) is 3.68. The molecule has 1 N–H and O–H groups in total. The molecular weight excluding hydrogens is 428 g/mol. The average molecular weight is 475 g/mol. The molecule has 0 fully saturated rings. The first-order valence-corrected chi connectivity index (χ1v) is 13.5. The van der Waals surface area contributed by atoms with Crippen molar-refractivity contribution < 1.29 is 4.74 Å². The van der Waals surface area contributed by atoms with Crippen molar-refractivity contribution in [3.63, 3.8) is 0 Å². The monoisotopic (exact) mass is 474 g/mol. The fourth-order valence-electron chi connectivity index (χ4n) is 5.01. The number of hydrogen-bond donors (Lipinski definition) is 1. The number of hydrogen-bond acceptors (Lipinski definition) is 3. The Kier molecular flexibility index (Phi) is 10.2. The van der Waals surface area contributed by atoms with E-state index in [2.05, 4.69) is 81.9 Å². The summed E-state index contributed by atoms with van der Waals surface area (Å²) in [5.74, 6) is 2.16. The Morgan fingerprint density at radius 2 is 2.03 bits per heavy atom. The molecule has 1 aromatic carbocycles. The van der Waals surface area contributed by atoms with E-state index in [1.807, 2.05) is 7.05 Å². The number of rotatable bonds is 13. The SMILES string of the molecule is C=C(C/C(C)=N\C)C1=CC2=C(CCC=C2OCC(C)CNCCC(CC)c2ccc(C)c(C)c2)C1. The van der Waals surface area contributed by atoms with Crippen LogP contribution in [-0.2, 0) is 4.74 Å². The zero-order chi connectivity index (χ0) is 25.4. The first-order chi connectivity index (χ1) is 16.8. The Labute approximate surface area is 214 Å². The predicted octanol–water partition coefficient (Wildman–Crippen LogP) is 7.77. The largest absolute Gasteiger partial charge is 0.493 e. The highest BCUT2D eigenvalue weighted by Gasteiger charge is 2.24. The summed E-state index contributed by atoms with van der Waals surface area (Å²) in [6.45, 7) is 18.1. The minimum absolute atomic E-state index is 0.465. The van der Waals surface area contributed by atoms with Crippen LogP contribution >= 0.6 is 0 Å². The number of nitrogens with one attached hydrogen (secondary N) is 1. The summed E-state index contributed by atoms with van der Waals surface area (Å²) in [7, 11) is 1.85. The maximum atomic E-state index is 6.35. The van der Waals surface area contributed by atoms with Crippen molar-refractivity contribution in [3.8, 4) is 0 Å². The third-order valence-corrected chi connectivity index (χ3v) is 7.63. The Morgan fingerprint density at radius 1 is 1.23 bits per heavy atom. The highest BCUT2D eigenvalue weighted by atomic mass is 16.5. The maximum Gasteiger partial charge on any atom is 0.122 e. The lowest BCUT2D eigenvalue weighted by Crippen LogP contribution is -2.26. The Bertz CT molecular complexity index is 1020. The molecule has 3 nitrogen and oxygen atoms in total. The first kappa shape index (κ1) is 27.2. The van der Waals surface area contributed by atoms with Gasteiger partial charge in [0.05, 0.1) is 6.61 Å². The van der Waals surface area contributed by atoms with Gasteiger partial charge in [0.25, 0.3) is 0 Å². The van der Waals surface area contributed by atoms with Gasteiger partial charge in [-0.3, -0.25) is 4.99 Å². The highest BCUT2D eigenvalue weighted by molar-refractivity contribution is 5.85. The van der Waals surface area contributed by atoms with Crippen molar-refractivity contribution in [2.75, 3.05) is 26.7 Å². The molecule has 0 spiro atoms. The summed E-state index contributed by atoms with van der Waals surface area (Å²) >= 11 is 0. The molecule has 2 aliphatic rings. The molecule has 35 heavy (non-hydrogen) atoms. The zero-order valence-corrected chi connectivity index (χ0v) is 23.0. The van der Waals surface area contributed by atoms with Crippen molar-refractivity contribution in [2.24, 2.45) is 10.9 Å². The van der Waals surface area contributed by atoms with E-state index < -0.39 is 0 Å². The number of nitrogens with zero attached hydrogens (tertiary/aromatic N) is 1. The second kappa shape index (κ2) is 13.1. The summed E-state index contributed by atoms with van der Waals surface area (Å²) < 4.78 is 6.35. The van der Waals surface area contributed by atoms with Gasteiger partial charge in [0.15, 0.2) is 0 Å². The Balaban J connectivity index is 1.43. The van der Waals surface area contributed by atoms with Crippen LogP contribution in [-0.4, -0.2) is 32.5 Å². The third kappa shape index (κ3) is 7.54. The van der Waals surface area contributed by atoms with Gasteiger partial charge >= 0.3 is 0 Å². The molecular formula is C32H46N2O. The van der Waals surface area contributed by atoms with Gasteiger partial charge in [-0.05, 0) is 105 Å². The van der Waals surface area contributed by atoms with Gasteiger partial charge < -0.3 is 10.1 Å². The van der Waals surface area contributed by atoms with Crippen LogP contribution in [0.3, 0.4) is 0 Å². The second-order valence-electron chi connectivity index (χ2n) is 10.6. The summed E-state index contributed by atoms with van der Waals surface area (Å²) in [6, 6.07) is 6.95. The molecule has 3 heteroatoms. The Hall–Kier alpha value is -2.39. The van der Waals surface area contributed by atoms with Crippen molar-refractivity contribution in [1.29, 1.82) is 0 Å². The van der Waals surface area contributed by atoms with E-state index in [1.165, 1.54) is 51.8 Å². The van der Waals surface area contributed by atoms with E-state index in [1.54, 1.807) is 0 Å². The topological polar surface area (TPSA) is 33.6 Å². The molecule has 2 aliphatic carbocycles. The third-order valence-electron chi connectivity index (χ3n) is 7.63. The van der Waals surface area contributed by atoms with Crippen molar-refractivity contribution in [1.82, 2.24) is 5.32 Å². The van der Waals surface area contributed by atoms with Crippen LogP contribution in [0, 0.1) is 19.8 Å². The van der Waals surface area contributed by atoms with Gasteiger partial charge in [-0.15, -0.1) is 0 Å². The van der Waals surface area contributed by atoms with Gasteiger partial charge in [0.2, 0.25) is 0 Å². The minimum atomic E-state index is 0.465. The summed E-state index contributed by atoms with van der Waals surface area (Å²) in [6.07, 6.45) is 11.0.